The zero-order chi connectivity index (χ0) is 16.7. The highest BCUT2D eigenvalue weighted by atomic mass is 16.7. The zero-order valence-corrected chi connectivity index (χ0v) is 14.4. The second-order valence-electron chi connectivity index (χ2n) is 7.43. The first-order valence-corrected chi connectivity index (χ1v) is 8.42. The molecule has 1 unspecified atom stereocenters. The van der Waals surface area contributed by atoms with Crippen molar-refractivity contribution in [3.63, 3.8) is 0 Å². The maximum absolute atomic E-state index is 12.5. The summed E-state index contributed by atoms with van der Waals surface area (Å²) >= 11 is 0. The maximum Gasteiger partial charge on any atom is 0.494 e. The van der Waals surface area contributed by atoms with Crippen LogP contribution in [-0.4, -0.2) is 36.8 Å². The van der Waals surface area contributed by atoms with E-state index in [1.807, 2.05) is 52.0 Å². The van der Waals surface area contributed by atoms with E-state index >= 15 is 0 Å². The lowest BCUT2D eigenvalue weighted by Crippen LogP contribution is -2.41. The molecule has 2 fully saturated rings. The minimum absolute atomic E-state index is 0.0742. The largest absolute Gasteiger partial charge is 0.494 e. The van der Waals surface area contributed by atoms with Gasteiger partial charge in [0.25, 0.3) is 0 Å². The minimum Gasteiger partial charge on any atom is -0.399 e. The Morgan fingerprint density at radius 1 is 1.04 bits per heavy atom. The van der Waals surface area contributed by atoms with Gasteiger partial charge < -0.3 is 14.0 Å². The molecule has 0 saturated carbocycles. The van der Waals surface area contributed by atoms with Gasteiger partial charge in [-0.2, -0.15) is 0 Å². The van der Waals surface area contributed by atoms with Gasteiger partial charge in [-0.25, -0.2) is 0 Å². The number of rotatable bonds is 3. The molecule has 2 aliphatic rings. The van der Waals surface area contributed by atoms with Crippen LogP contribution in [0.4, 0.5) is 0 Å². The molecular weight excluding hydrogens is 291 g/mol. The molecule has 0 aliphatic carbocycles. The van der Waals surface area contributed by atoms with Crippen molar-refractivity contribution in [1.29, 1.82) is 0 Å². The number of Topliss-reactive ketones (excluding diaryl/α,β-unsaturated/α-hetero) is 1. The second-order valence-corrected chi connectivity index (χ2v) is 7.43. The molecule has 124 valence electrons. The molecule has 0 radical (unpaired) electrons. The summed E-state index contributed by atoms with van der Waals surface area (Å²) in [6.07, 6.45) is 2.64. The van der Waals surface area contributed by atoms with Crippen LogP contribution in [-0.2, 0) is 14.0 Å². The number of carbonyl (C=O) groups excluding carboxylic acids is 1. The van der Waals surface area contributed by atoms with E-state index in [0.717, 1.165) is 24.7 Å². The van der Waals surface area contributed by atoms with E-state index < -0.39 is 7.12 Å². The summed E-state index contributed by atoms with van der Waals surface area (Å²) < 4.78 is 17.6. The molecule has 1 aromatic rings. The third-order valence-corrected chi connectivity index (χ3v) is 5.19. The number of hydrogen-bond acceptors (Lipinski definition) is 4. The number of ketones is 1. The molecular formula is C18H25BO4. The molecule has 0 amide bonds. The van der Waals surface area contributed by atoms with Crippen LogP contribution in [0.5, 0.6) is 0 Å². The minimum atomic E-state index is -0.393. The summed E-state index contributed by atoms with van der Waals surface area (Å²) in [4.78, 5) is 12.5. The molecule has 1 aromatic carbocycles. The smallest absolute Gasteiger partial charge is 0.399 e. The van der Waals surface area contributed by atoms with Crippen LogP contribution in [0.15, 0.2) is 24.3 Å². The van der Waals surface area contributed by atoms with Gasteiger partial charge in [-0.05, 0) is 52.4 Å². The highest BCUT2D eigenvalue weighted by Crippen LogP contribution is 2.36. The normalized spacial score (nSPS) is 26.3. The van der Waals surface area contributed by atoms with Crippen molar-refractivity contribution in [3.8, 4) is 0 Å². The Balaban J connectivity index is 1.71. The quantitative estimate of drug-likeness (QED) is 0.635. The van der Waals surface area contributed by atoms with Crippen LogP contribution in [0.2, 0.25) is 0 Å². The third kappa shape index (κ3) is 3.23. The van der Waals surface area contributed by atoms with Gasteiger partial charge in [0.2, 0.25) is 0 Å². The van der Waals surface area contributed by atoms with E-state index in [9.17, 15) is 4.79 Å². The van der Waals surface area contributed by atoms with Crippen molar-refractivity contribution >= 4 is 18.4 Å². The fourth-order valence-electron chi connectivity index (χ4n) is 2.92. The lowest BCUT2D eigenvalue weighted by Gasteiger charge is -2.32. The first-order valence-electron chi connectivity index (χ1n) is 8.42. The fraction of sp³-hybridized carbons (Fsp3) is 0.611. The van der Waals surface area contributed by atoms with Gasteiger partial charge in [0, 0.05) is 12.2 Å². The maximum atomic E-state index is 12.5. The third-order valence-electron chi connectivity index (χ3n) is 5.19. The molecule has 4 nitrogen and oxygen atoms in total. The Bertz CT molecular complexity index is 557. The van der Waals surface area contributed by atoms with Gasteiger partial charge in [0.15, 0.2) is 5.78 Å². The molecule has 2 heterocycles. The number of benzene rings is 1. The predicted molar refractivity (Wildman–Crippen MR) is 90.1 cm³/mol. The highest BCUT2D eigenvalue weighted by molar-refractivity contribution is 6.62. The Hall–Kier alpha value is -1.17. The Kier molecular flexibility index (Phi) is 4.38. The number of hydrogen-bond donors (Lipinski definition) is 0. The van der Waals surface area contributed by atoms with Crippen LogP contribution in [0.3, 0.4) is 0 Å². The van der Waals surface area contributed by atoms with Crippen LogP contribution in [0.25, 0.3) is 0 Å². The summed E-state index contributed by atoms with van der Waals surface area (Å²) in [5.41, 5.74) is 0.909. The molecule has 2 aliphatic heterocycles. The Labute approximate surface area is 138 Å². The van der Waals surface area contributed by atoms with Crippen molar-refractivity contribution in [2.45, 2.75) is 64.3 Å². The van der Waals surface area contributed by atoms with Crippen LogP contribution in [0.1, 0.15) is 57.3 Å². The van der Waals surface area contributed by atoms with Gasteiger partial charge in [-0.3, -0.25) is 4.79 Å². The summed E-state index contributed by atoms with van der Waals surface area (Å²) in [7, 11) is -0.393. The molecule has 0 spiro atoms. The fourth-order valence-corrected chi connectivity index (χ4v) is 2.92. The average Bonchev–Trinajstić information content (AvgIpc) is 2.76. The van der Waals surface area contributed by atoms with Crippen molar-refractivity contribution in [1.82, 2.24) is 0 Å². The number of carbonyl (C=O) groups is 1. The van der Waals surface area contributed by atoms with Gasteiger partial charge >= 0.3 is 7.12 Å². The molecule has 0 aromatic heterocycles. The van der Waals surface area contributed by atoms with Crippen LogP contribution >= 0.6 is 0 Å². The first-order chi connectivity index (χ1) is 10.8. The Morgan fingerprint density at radius 3 is 2.17 bits per heavy atom. The molecule has 1 atom stereocenters. The molecule has 23 heavy (non-hydrogen) atoms. The molecule has 2 saturated heterocycles. The van der Waals surface area contributed by atoms with E-state index in [2.05, 4.69) is 0 Å². The van der Waals surface area contributed by atoms with Gasteiger partial charge in [-0.1, -0.05) is 24.3 Å². The van der Waals surface area contributed by atoms with E-state index in [0.29, 0.717) is 12.2 Å². The molecule has 0 N–H and O–H groups in total. The van der Waals surface area contributed by atoms with E-state index in [1.165, 1.54) is 0 Å². The topological polar surface area (TPSA) is 44.8 Å². The average molecular weight is 316 g/mol. The van der Waals surface area contributed by atoms with E-state index in [1.54, 1.807) is 0 Å². The monoisotopic (exact) mass is 316 g/mol. The summed E-state index contributed by atoms with van der Waals surface area (Å²) in [5, 5.41) is 0. The van der Waals surface area contributed by atoms with Gasteiger partial charge in [0.1, 0.15) is 6.10 Å². The van der Waals surface area contributed by atoms with Gasteiger partial charge in [-0.15, -0.1) is 0 Å². The van der Waals surface area contributed by atoms with Crippen molar-refractivity contribution < 1.29 is 18.8 Å². The molecule has 3 rings (SSSR count). The van der Waals surface area contributed by atoms with Gasteiger partial charge in [0.05, 0.1) is 11.2 Å². The van der Waals surface area contributed by atoms with Crippen molar-refractivity contribution in [2.24, 2.45) is 0 Å². The summed E-state index contributed by atoms with van der Waals surface area (Å²) in [6, 6.07) is 7.53. The molecule has 5 heteroatoms. The summed E-state index contributed by atoms with van der Waals surface area (Å²) in [5.74, 6) is 0.0742. The number of ether oxygens (including phenoxy) is 1. The standard InChI is InChI=1S/C18H25BO4/c1-17(2)18(3,4)23-19(22-17)14-10-8-13(9-11-14)16(20)15-7-5-6-12-21-15/h8-11,15H,5-7,12H2,1-4H3. The SMILES string of the molecule is CC1(C)OB(c2ccc(C(=O)C3CCCCO3)cc2)OC1(C)C. The highest BCUT2D eigenvalue weighted by Gasteiger charge is 2.51. The lowest BCUT2D eigenvalue weighted by atomic mass is 9.78. The first kappa shape index (κ1) is 16.7. The van der Waals surface area contributed by atoms with Crippen molar-refractivity contribution in [3.05, 3.63) is 29.8 Å². The second kappa shape index (κ2) is 6.04. The van der Waals surface area contributed by atoms with Crippen molar-refractivity contribution in [2.75, 3.05) is 6.61 Å². The lowest BCUT2D eigenvalue weighted by molar-refractivity contribution is 0.00578. The van der Waals surface area contributed by atoms with Crippen LogP contribution < -0.4 is 5.46 Å². The van der Waals surface area contributed by atoms with Crippen LogP contribution in [0, 0.1) is 0 Å². The predicted octanol–water partition coefficient (Wildman–Crippen LogP) is 2.74. The van der Waals surface area contributed by atoms with E-state index in [4.69, 9.17) is 14.0 Å². The Morgan fingerprint density at radius 2 is 1.65 bits per heavy atom. The van der Waals surface area contributed by atoms with E-state index in [-0.39, 0.29) is 23.1 Å². The summed E-state index contributed by atoms with van der Waals surface area (Å²) in [6.45, 7) is 8.82. The zero-order valence-electron chi connectivity index (χ0n) is 14.4. The molecule has 0 bridgehead atoms.